The molecule has 0 spiro atoms. The van der Waals surface area contributed by atoms with Crippen molar-refractivity contribution >= 4 is 11.9 Å². The zero-order chi connectivity index (χ0) is 21.2. The lowest BCUT2D eigenvalue weighted by Gasteiger charge is -2.21. The number of benzene rings is 1. The van der Waals surface area contributed by atoms with E-state index in [2.05, 4.69) is 32.7 Å². The molecule has 0 bridgehead atoms. The molecule has 7 heteroatoms. The summed E-state index contributed by atoms with van der Waals surface area (Å²) in [6.45, 7) is 6.54. The highest BCUT2D eigenvalue weighted by Crippen LogP contribution is 2.17. The molecule has 1 saturated heterocycles. The molecule has 2 aromatic rings. The summed E-state index contributed by atoms with van der Waals surface area (Å²) in [7, 11) is 1.81. The van der Waals surface area contributed by atoms with Crippen LogP contribution in [0.2, 0.25) is 0 Å². The Kier molecular flexibility index (Phi) is 8.32. The van der Waals surface area contributed by atoms with E-state index in [0.717, 1.165) is 50.6 Å². The van der Waals surface area contributed by atoms with Gasteiger partial charge in [0, 0.05) is 44.7 Å². The molecule has 30 heavy (non-hydrogen) atoms. The number of aryl methyl sites for hydroxylation is 1. The van der Waals surface area contributed by atoms with Gasteiger partial charge in [-0.15, -0.1) is 0 Å². The number of carbonyl (C=O) groups is 1. The zero-order valence-electron chi connectivity index (χ0n) is 17.9. The molecule has 7 nitrogen and oxygen atoms in total. The highest BCUT2D eigenvalue weighted by atomic mass is 16.5. The zero-order valence-corrected chi connectivity index (χ0v) is 17.9. The maximum Gasteiger partial charge on any atom is 0.287 e. The Morgan fingerprint density at radius 1 is 1.23 bits per heavy atom. The monoisotopic (exact) mass is 412 g/mol. The first-order chi connectivity index (χ1) is 14.7. The molecule has 1 amide bonds. The van der Waals surface area contributed by atoms with Crippen LogP contribution < -0.4 is 10.6 Å². The van der Waals surface area contributed by atoms with Crippen LogP contribution in [-0.2, 0) is 11.3 Å². The van der Waals surface area contributed by atoms with Crippen molar-refractivity contribution in [2.24, 2.45) is 10.9 Å². The molecule has 1 fully saturated rings. The maximum absolute atomic E-state index is 12.0. The van der Waals surface area contributed by atoms with Crippen LogP contribution >= 0.6 is 0 Å². The number of amides is 1. The Balaban J connectivity index is 1.30. The minimum Gasteiger partial charge on any atom is -0.459 e. The van der Waals surface area contributed by atoms with Crippen molar-refractivity contribution in [1.29, 1.82) is 0 Å². The second kappa shape index (κ2) is 11.4. The molecule has 1 unspecified atom stereocenters. The summed E-state index contributed by atoms with van der Waals surface area (Å²) in [4.78, 5) is 18.7. The first kappa shape index (κ1) is 21.9. The fourth-order valence-electron chi connectivity index (χ4n) is 3.59. The number of furan rings is 1. The Labute approximate surface area is 178 Å². The molecule has 1 aliphatic heterocycles. The van der Waals surface area contributed by atoms with Crippen LogP contribution in [0.5, 0.6) is 0 Å². The van der Waals surface area contributed by atoms with Crippen LogP contribution in [0, 0.1) is 12.8 Å². The standard InChI is InChI=1S/C23H32N4O3/c1-18-10-14-30-21(18)22(28)25-11-6-12-26-23(24-2)27-13-9-20(15-27)17-29-16-19-7-4-3-5-8-19/h3-5,7-8,10,14,20H,6,9,11-13,15-17H2,1-2H3,(H,24,26)(H,25,28). The first-order valence-electron chi connectivity index (χ1n) is 10.6. The van der Waals surface area contributed by atoms with Crippen LogP contribution in [0.3, 0.4) is 0 Å². The lowest BCUT2D eigenvalue weighted by molar-refractivity contribution is 0.0907. The molecule has 1 atom stereocenters. The largest absolute Gasteiger partial charge is 0.459 e. The lowest BCUT2D eigenvalue weighted by Crippen LogP contribution is -2.41. The van der Waals surface area contributed by atoms with E-state index in [0.29, 0.717) is 24.8 Å². The van der Waals surface area contributed by atoms with Crippen LogP contribution in [0.15, 0.2) is 52.1 Å². The number of likely N-dealkylation sites (tertiary alicyclic amines) is 1. The van der Waals surface area contributed by atoms with E-state index in [-0.39, 0.29) is 5.91 Å². The predicted molar refractivity (Wildman–Crippen MR) is 118 cm³/mol. The maximum atomic E-state index is 12.0. The van der Waals surface area contributed by atoms with Gasteiger partial charge in [-0.2, -0.15) is 0 Å². The normalized spacial score (nSPS) is 16.7. The fraction of sp³-hybridized carbons (Fsp3) is 0.478. The van der Waals surface area contributed by atoms with Gasteiger partial charge in [0.15, 0.2) is 11.7 Å². The second-order valence-corrected chi connectivity index (χ2v) is 7.62. The Bertz CT molecular complexity index is 819. The van der Waals surface area contributed by atoms with Gasteiger partial charge < -0.3 is 24.7 Å². The molecule has 2 N–H and O–H groups in total. The minimum absolute atomic E-state index is 0.167. The lowest BCUT2D eigenvalue weighted by atomic mass is 10.1. The Morgan fingerprint density at radius 2 is 2.03 bits per heavy atom. The van der Waals surface area contributed by atoms with Crippen molar-refractivity contribution in [3.8, 4) is 0 Å². The summed E-state index contributed by atoms with van der Waals surface area (Å²) in [6.07, 6.45) is 3.45. The van der Waals surface area contributed by atoms with Crippen molar-refractivity contribution in [3.05, 3.63) is 59.5 Å². The molecule has 0 saturated carbocycles. The van der Waals surface area contributed by atoms with E-state index in [1.54, 1.807) is 6.07 Å². The summed E-state index contributed by atoms with van der Waals surface area (Å²) >= 11 is 0. The molecule has 1 aromatic heterocycles. The summed E-state index contributed by atoms with van der Waals surface area (Å²) < 4.78 is 11.1. The summed E-state index contributed by atoms with van der Waals surface area (Å²) in [6, 6.07) is 12.1. The molecule has 3 rings (SSSR count). The first-order valence-corrected chi connectivity index (χ1v) is 10.6. The molecular formula is C23H32N4O3. The van der Waals surface area contributed by atoms with Crippen LogP contribution in [0.4, 0.5) is 0 Å². The van der Waals surface area contributed by atoms with Crippen molar-refractivity contribution in [2.75, 3.05) is 39.8 Å². The molecule has 162 valence electrons. The van der Waals surface area contributed by atoms with Crippen molar-refractivity contribution < 1.29 is 13.9 Å². The number of aliphatic imine (C=N–C) groups is 1. The molecule has 1 aromatic carbocycles. The van der Waals surface area contributed by atoms with Gasteiger partial charge in [0.25, 0.3) is 5.91 Å². The number of hydrogen-bond donors (Lipinski definition) is 2. The van der Waals surface area contributed by atoms with E-state index in [9.17, 15) is 4.79 Å². The average molecular weight is 413 g/mol. The van der Waals surface area contributed by atoms with Gasteiger partial charge in [0.05, 0.1) is 19.5 Å². The third kappa shape index (κ3) is 6.35. The number of nitrogens with zero attached hydrogens (tertiary/aromatic N) is 2. The topological polar surface area (TPSA) is 79.1 Å². The molecule has 0 aliphatic carbocycles. The van der Waals surface area contributed by atoms with Crippen LogP contribution in [-0.4, -0.2) is 56.6 Å². The summed E-state index contributed by atoms with van der Waals surface area (Å²) in [5.41, 5.74) is 2.06. The highest BCUT2D eigenvalue weighted by Gasteiger charge is 2.24. The third-order valence-electron chi connectivity index (χ3n) is 5.25. The van der Waals surface area contributed by atoms with Gasteiger partial charge in [-0.05, 0) is 31.4 Å². The number of rotatable bonds is 9. The summed E-state index contributed by atoms with van der Waals surface area (Å²) in [5, 5.41) is 6.28. The Hall–Kier alpha value is -2.80. The van der Waals surface area contributed by atoms with Gasteiger partial charge in [-0.25, -0.2) is 0 Å². The second-order valence-electron chi connectivity index (χ2n) is 7.62. The smallest absolute Gasteiger partial charge is 0.287 e. The number of guanidine groups is 1. The van der Waals surface area contributed by atoms with E-state index in [1.807, 2.05) is 32.2 Å². The van der Waals surface area contributed by atoms with E-state index in [4.69, 9.17) is 9.15 Å². The third-order valence-corrected chi connectivity index (χ3v) is 5.25. The summed E-state index contributed by atoms with van der Waals surface area (Å²) in [5.74, 6) is 1.65. The van der Waals surface area contributed by atoms with Gasteiger partial charge in [-0.1, -0.05) is 30.3 Å². The molecule has 2 heterocycles. The SMILES string of the molecule is CN=C(NCCCNC(=O)c1occc1C)N1CCC(COCc2ccccc2)C1. The van der Waals surface area contributed by atoms with Gasteiger partial charge >= 0.3 is 0 Å². The van der Waals surface area contributed by atoms with Crippen molar-refractivity contribution in [2.45, 2.75) is 26.4 Å². The van der Waals surface area contributed by atoms with E-state index >= 15 is 0 Å². The number of hydrogen-bond acceptors (Lipinski definition) is 4. The van der Waals surface area contributed by atoms with Crippen molar-refractivity contribution in [1.82, 2.24) is 15.5 Å². The number of ether oxygens (including phenoxy) is 1. The van der Waals surface area contributed by atoms with Crippen LogP contribution in [0.1, 0.15) is 34.5 Å². The van der Waals surface area contributed by atoms with Crippen LogP contribution in [0.25, 0.3) is 0 Å². The minimum atomic E-state index is -0.167. The Morgan fingerprint density at radius 3 is 2.77 bits per heavy atom. The van der Waals surface area contributed by atoms with Gasteiger partial charge in [0.2, 0.25) is 0 Å². The highest BCUT2D eigenvalue weighted by molar-refractivity contribution is 5.92. The quantitative estimate of drug-likeness (QED) is 0.376. The van der Waals surface area contributed by atoms with Gasteiger partial charge in [-0.3, -0.25) is 9.79 Å². The molecule has 1 aliphatic rings. The van der Waals surface area contributed by atoms with E-state index in [1.165, 1.54) is 11.8 Å². The van der Waals surface area contributed by atoms with Gasteiger partial charge in [0.1, 0.15) is 0 Å². The molecular weight excluding hydrogens is 380 g/mol. The predicted octanol–water partition coefficient (Wildman–Crippen LogP) is 2.82. The number of nitrogens with one attached hydrogen (secondary N) is 2. The fourth-order valence-corrected chi connectivity index (χ4v) is 3.59. The number of carbonyl (C=O) groups excluding carboxylic acids is 1. The molecule has 0 radical (unpaired) electrons. The van der Waals surface area contributed by atoms with Crippen molar-refractivity contribution in [3.63, 3.8) is 0 Å². The van der Waals surface area contributed by atoms with E-state index < -0.39 is 0 Å². The average Bonchev–Trinajstić information content (AvgIpc) is 3.40.